The Morgan fingerprint density at radius 1 is 1.06 bits per heavy atom. The Balaban J connectivity index is 1.04. The summed E-state index contributed by atoms with van der Waals surface area (Å²) in [6, 6.07) is 10.5. The Kier molecular flexibility index (Phi) is 6.15. The van der Waals surface area contributed by atoms with Gasteiger partial charge in [-0.2, -0.15) is 4.98 Å². The van der Waals surface area contributed by atoms with Gasteiger partial charge in [0.2, 0.25) is 11.8 Å². The van der Waals surface area contributed by atoms with E-state index in [0.717, 1.165) is 69.7 Å². The van der Waals surface area contributed by atoms with Gasteiger partial charge in [-0.15, -0.1) is 0 Å². The molecule has 1 fully saturated rings. The minimum absolute atomic E-state index is 0.0280. The summed E-state index contributed by atoms with van der Waals surface area (Å²) in [5.74, 6) is 2.36. The van der Waals surface area contributed by atoms with Crippen LogP contribution in [0.1, 0.15) is 44.2 Å². The Bertz CT molecular complexity index is 1010. The molecule has 0 spiro atoms. The molecule has 0 saturated carbocycles. The van der Waals surface area contributed by atoms with Crippen molar-refractivity contribution >= 4 is 17.4 Å². The van der Waals surface area contributed by atoms with Gasteiger partial charge in [0.05, 0.1) is 12.3 Å². The van der Waals surface area contributed by atoms with E-state index in [1.165, 1.54) is 11.3 Å². The van der Waals surface area contributed by atoms with Gasteiger partial charge in [-0.1, -0.05) is 12.1 Å². The number of pyridine rings is 1. The SMILES string of the molecule is CC1(C)Cc2cccc(N3CCN(CCCCOc4ccc5c(n4)NC(=O)CC5)CC3)c2O1. The maximum Gasteiger partial charge on any atom is 0.225 e. The molecule has 3 aliphatic rings. The minimum atomic E-state index is -0.106. The van der Waals surface area contributed by atoms with E-state index in [9.17, 15) is 4.79 Å². The lowest BCUT2D eigenvalue weighted by Gasteiger charge is -2.36. The highest BCUT2D eigenvalue weighted by Gasteiger charge is 2.33. The van der Waals surface area contributed by atoms with Gasteiger partial charge in [0, 0.05) is 50.7 Å². The number of unbranched alkanes of at least 4 members (excludes halogenated alkanes) is 1. The highest BCUT2D eigenvalue weighted by molar-refractivity contribution is 5.92. The normalized spacial score (nSPS) is 19.5. The number of rotatable bonds is 7. The molecule has 0 bridgehead atoms. The van der Waals surface area contributed by atoms with E-state index in [-0.39, 0.29) is 11.5 Å². The van der Waals surface area contributed by atoms with E-state index in [4.69, 9.17) is 9.47 Å². The first-order valence-corrected chi connectivity index (χ1v) is 12.2. The molecule has 3 aliphatic heterocycles. The van der Waals surface area contributed by atoms with Crippen LogP contribution in [0.4, 0.5) is 11.5 Å². The molecule has 1 saturated heterocycles. The van der Waals surface area contributed by atoms with Crippen molar-refractivity contribution < 1.29 is 14.3 Å². The molecular weight excluding hydrogens is 416 g/mol. The molecule has 0 atom stereocenters. The third-order valence-electron chi connectivity index (χ3n) is 6.73. The fourth-order valence-electron chi connectivity index (χ4n) is 4.98. The van der Waals surface area contributed by atoms with Crippen LogP contribution in [-0.2, 0) is 17.6 Å². The number of hydrogen-bond acceptors (Lipinski definition) is 6. The zero-order chi connectivity index (χ0) is 22.8. The lowest BCUT2D eigenvalue weighted by atomic mass is 10.0. The molecule has 5 rings (SSSR count). The van der Waals surface area contributed by atoms with Crippen LogP contribution in [0.3, 0.4) is 0 Å². The molecule has 0 radical (unpaired) electrons. The Hall–Kier alpha value is -2.80. The van der Waals surface area contributed by atoms with Crippen molar-refractivity contribution in [2.75, 3.05) is 49.5 Å². The summed E-state index contributed by atoms with van der Waals surface area (Å²) in [7, 11) is 0. The summed E-state index contributed by atoms with van der Waals surface area (Å²) in [4.78, 5) is 21.0. The Morgan fingerprint density at radius 3 is 2.76 bits per heavy atom. The zero-order valence-corrected chi connectivity index (χ0v) is 19.7. The number of anilines is 2. The summed E-state index contributed by atoms with van der Waals surface area (Å²) >= 11 is 0. The monoisotopic (exact) mass is 450 g/mol. The molecule has 4 heterocycles. The molecule has 2 aromatic rings. The van der Waals surface area contributed by atoms with Crippen molar-refractivity contribution in [2.24, 2.45) is 0 Å². The van der Waals surface area contributed by atoms with Crippen LogP contribution < -0.4 is 19.7 Å². The van der Waals surface area contributed by atoms with Gasteiger partial charge in [-0.25, -0.2) is 0 Å². The highest BCUT2D eigenvalue weighted by atomic mass is 16.5. The first kappa shape index (κ1) is 22.0. The molecular formula is C26H34N4O3. The molecule has 1 amide bonds. The molecule has 0 unspecified atom stereocenters. The van der Waals surface area contributed by atoms with E-state index >= 15 is 0 Å². The van der Waals surface area contributed by atoms with Crippen molar-refractivity contribution in [3.8, 4) is 11.6 Å². The predicted octanol–water partition coefficient (Wildman–Crippen LogP) is 3.66. The van der Waals surface area contributed by atoms with E-state index < -0.39 is 0 Å². The van der Waals surface area contributed by atoms with Gasteiger partial charge in [0.25, 0.3) is 0 Å². The number of hydrogen-bond donors (Lipinski definition) is 1. The average molecular weight is 451 g/mol. The number of carbonyl (C=O) groups is 1. The molecule has 1 aromatic carbocycles. The Labute approximate surface area is 196 Å². The standard InChI is InChI=1S/C26H34N4O3/c1-26(2)18-20-6-5-7-21(24(20)33-26)30-15-13-29(14-16-30)12-3-4-17-32-23-11-9-19-8-10-22(31)27-25(19)28-23/h5-7,9,11H,3-4,8,10,12-18H2,1-2H3,(H,27,28,31). The first-order valence-electron chi connectivity index (χ1n) is 12.2. The predicted molar refractivity (Wildman–Crippen MR) is 129 cm³/mol. The van der Waals surface area contributed by atoms with Crippen molar-refractivity contribution in [3.05, 3.63) is 41.5 Å². The largest absolute Gasteiger partial charge is 0.485 e. The minimum Gasteiger partial charge on any atom is -0.485 e. The number of nitrogens with one attached hydrogen (secondary N) is 1. The molecule has 176 valence electrons. The molecule has 7 nitrogen and oxygen atoms in total. The number of aryl methyl sites for hydroxylation is 1. The summed E-state index contributed by atoms with van der Waals surface area (Å²) < 4.78 is 12.1. The fraction of sp³-hybridized carbons (Fsp3) is 0.538. The second kappa shape index (κ2) is 9.21. The van der Waals surface area contributed by atoms with Gasteiger partial charge in [-0.3, -0.25) is 9.69 Å². The van der Waals surface area contributed by atoms with Gasteiger partial charge < -0.3 is 19.7 Å². The summed E-state index contributed by atoms with van der Waals surface area (Å²) in [5.41, 5.74) is 3.55. The molecule has 1 N–H and O–H groups in total. The van der Waals surface area contributed by atoms with Gasteiger partial charge in [0.15, 0.2) is 0 Å². The van der Waals surface area contributed by atoms with E-state index in [1.807, 2.05) is 12.1 Å². The van der Waals surface area contributed by atoms with E-state index in [0.29, 0.717) is 24.7 Å². The number of carbonyl (C=O) groups excluding carboxylic acids is 1. The van der Waals surface area contributed by atoms with E-state index in [2.05, 4.69) is 52.1 Å². The quantitative estimate of drug-likeness (QED) is 0.650. The van der Waals surface area contributed by atoms with Crippen molar-refractivity contribution in [1.29, 1.82) is 0 Å². The average Bonchev–Trinajstić information content (AvgIpc) is 3.13. The van der Waals surface area contributed by atoms with Crippen LogP contribution in [0.25, 0.3) is 0 Å². The van der Waals surface area contributed by atoms with Crippen LogP contribution >= 0.6 is 0 Å². The fourth-order valence-corrected chi connectivity index (χ4v) is 4.98. The highest BCUT2D eigenvalue weighted by Crippen LogP contribution is 2.42. The number of fused-ring (bicyclic) bond motifs is 2. The Morgan fingerprint density at radius 2 is 1.91 bits per heavy atom. The maximum absolute atomic E-state index is 11.6. The third kappa shape index (κ3) is 5.08. The van der Waals surface area contributed by atoms with Gasteiger partial charge >= 0.3 is 0 Å². The number of nitrogens with zero attached hydrogens (tertiary/aromatic N) is 3. The summed E-state index contributed by atoms with van der Waals surface area (Å²) in [5, 5.41) is 2.83. The van der Waals surface area contributed by atoms with Gasteiger partial charge in [0.1, 0.15) is 17.2 Å². The van der Waals surface area contributed by atoms with Crippen molar-refractivity contribution in [3.63, 3.8) is 0 Å². The number of ether oxygens (including phenoxy) is 2. The topological polar surface area (TPSA) is 66.9 Å². The number of aromatic nitrogens is 1. The zero-order valence-electron chi connectivity index (χ0n) is 19.7. The van der Waals surface area contributed by atoms with Crippen molar-refractivity contribution in [1.82, 2.24) is 9.88 Å². The number of benzene rings is 1. The number of piperazine rings is 1. The smallest absolute Gasteiger partial charge is 0.225 e. The van der Waals surface area contributed by atoms with Crippen LogP contribution in [-0.4, -0.2) is 60.7 Å². The van der Waals surface area contributed by atoms with Crippen LogP contribution in [0.2, 0.25) is 0 Å². The first-order chi connectivity index (χ1) is 16.0. The number of amides is 1. The summed E-state index contributed by atoms with van der Waals surface area (Å²) in [6.07, 6.45) is 4.34. The second-order valence-electron chi connectivity index (χ2n) is 9.89. The molecule has 0 aliphatic carbocycles. The third-order valence-corrected chi connectivity index (χ3v) is 6.73. The molecule has 1 aromatic heterocycles. The van der Waals surface area contributed by atoms with Crippen molar-refractivity contribution in [2.45, 2.75) is 51.6 Å². The second-order valence-corrected chi connectivity index (χ2v) is 9.89. The molecule has 7 heteroatoms. The number of para-hydroxylation sites is 1. The summed E-state index contributed by atoms with van der Waals surface area (Å²) in [6.45, 7) is 10.3. The van der Waals surface area contributed by atoms with E-state index in [1.54, 1.807) is 0 Å². The maximum atomic E-state index is 11.6. The molecule has 33 heavy (non-hydrogen) atoms. The lowest BCUT2D eigenvalue weighted by Crippen LogP contribution is -2.46. The van der Waals surface area contributed by atoms with Crippen LogP contribution in [0.5, 0.6) is 11.6 Å². The lowest BCUT2D eigenvalue weighted by molar-refractivity contribution is -0.116. The van der Waals surface area contributed by atoms with Gasteiger partial charge in [-0.05, 0) is 57.4 Å². The van der Waals surface area contributed by atoms with Crippen LogP contribution in [0.15, 0.2) is 30.3 Å². The van der Waals surface area contributed by atoms with Crippen LogP contribution in [0, 0.1) is 0 Å².